The summed E-state index contributed by atoms with van der Waals surface area (Å²) in [4.78, 5) is 17.7. The van der Waals surface area contributed by atoms with Gasteiger partial charge in [0.1, 0.15) is 5.82 Å². The van der Waals surface area contributed by atoms with Crippen LogP contribution in [-0.4, -0.2) is 63.2 Å². The number of carbonyl (C=O) groups excluding carboxylic acids is 1. The fourth-order valence-electron chi connectivity index (χ4n) is 2.16. The van der Waals surface area contributed by atoms with E-state index in [2.05, 4.69) is 9.72 Å². The Morgan fingerprint density at radius 2 is 1.95 bits per heavy atom. The minimum absolute atomic E-state index is 0.250. The summed E-state index contributed by atoms with van der Waals surface area (Å²) in [6.07, 6.45) is 2.60. The Labute approximate surface area is 123 Å². The lowest BCUT2D eigenvalue weighted by Gasteiger charge is -2.34. The SMILES string of the molecule is COC(=O)c1cc(N2CCN(S(C)(=O)=O)CC2)ncc1N. The van der Waals surface area contributed by atoms with Crippen LogP contribution < -0.4 is 10.6 Å². The number of ether oxygens (including phenoxy) is 1. The molecule has 0 aromatic carbocycles. The molecular formula is C12H18N4O4S. The molecule has 0 amide bonds. The molecule has 0 spiro atoms. The quantitative estimate of drug-likeness (QED) is 0.752. The Kier molecular flexibility index (Phi) is 4.33. The van der Waals surface area contributed by atoms with Gasteiger partial charge in [-0.3, -0.25) is 0 Å². The predicted octanol–water partition coefficient (Wildman–Crippen LogP) is -0.468. The number of aromatic nitrogens is 1. The third-order valence-electron chi connectivity index (χ3n) is 3.36. The Morgan fingerprint density at radius 3 is 2.48 bits per heavy atom. The molecule has 1 fully saturated rings. The van der Waals surface area contributed by atoms with Crippen LogP contribution in [0.2, 0.25) is 0 Å². The summed E-state index contributed by atoms with van der Waals surface area (Å²) in [6.45, 7) is 1.78. The molecule has 2 N–H and O–H groups in total. The molecule has 116 valence electrons. The number of nitrogen functional groups attached to an aromatic ring is 1. The molecule has 0 bridgehead atoms. The molecule has 0 unspecified atom stereocenters. The van der Waals surface area contributed by atoms with Crippen LogP contribution in [0.5, 0.6) is 0 Å². The maximum atomic E-state index is 11.6. The van der Waals surface area contributed by atoms with E-state index in [1.807, 2.05) is 4.90 Å². The maximum absolute atomic E-state index is 11.6. The molecule has 0 aliphatic carbocycles. The van der Waals surface area contributed by atoms with Gasteiger partial charge in [-0.25, -0.2) is 18.2 Å². The van der Waals surface area contributed by atoms with Crippen molar-refractivity contribution < 1.29 is 17.9 Å². The summed E-state index contributed by atoms with van der Waals surface area (Å²) in [5.74, 6) is 0.0590. The number of carbonyl (C=O) groups is 1. The smallest absolute Gasteiger partial charge is 0.340 e. The van der Waals surface area contributed by atoms with E-state index in [0.717, 1.165) is 0 Å². The first kappa shape index (κ1) is 15.5. The lowest BCUT2D eigenvalue weighted by molar-refractivity contribution is 0.0602. The molecule has 2 rings (SSSR count). The highest BCUT2D eigenvalue weighted by molar-refractivity contribution is 7.88. The monoisotopic (exact) mass is 314 g/mol. The Balaban J connectivity index is 2.16. The van der Waals surface area contributed by atoms with Gasteiger partial charge in [0.25, 0.3) is 0 Å². The van der Waals surface area contributed by atoms with Crippen molar-refractivity contribution in [1.29, 1.82) is 0 Å². The number of hydrogen-bond acceptors (Lipinski definition) is 7. The van der Waals surface area contributed by atoms with E-state index < -0.39 is 16.0 Å². The molecule has 9 heteroatoms. The molecule has 2 heterocycles. The zero-order valence-electron chi connectivity index (χ0n) is 11.9. The lowest BCUT2D eigenvalue weighted by Crippen LogP contribution is -2.48. The number of piperazine rings is 1. The number of nitrogens with two attached hydrogens (primary N) is 1. The van der Waals surface area contributed by atoms with Crippen LogP contribution in [0.25, 0.3) is 0 Å². The van der Waals surface area contributed by atoms with Crippen molar-refractivity contribution in [1.82, 2.24) is 9.29 Å². The van der Waals surface area contributed by atoms with Gasteiger partial charge in [-0.05, 0) is 6.07 Å². The van der Waals surface area contributed by atoms with Crippen LogP contribution in [0, 0.1) is 0 Å². The Morgan fingerprint density at radius 1 is 1.33 bits per heavy atom. The van der Waals surface area contributed by atoms with Gasteiger partial charge in [0, 0.05) is 26.2 Å². The van der Waals surface area contributed by atoms with Crippen molar-refractivity contribution in [3.8, 4) is 0 Å². The van der Waals surface area contributed by atoms with Crippen molar-refractivity contribution in [2.75, 3.05) is 50.2 Å². The first-order chi connectivity index (χ1) is 9.82. The summed E-state index contributed by atoms with van der Waals surface area (Å²) in [7, 11) is -1.89. The van der Waals surface area contributed by atoms with E-state index in [-0.39, 0.29) is 11.3 Å². The number of rotatable bonds is 3. The first-order valence-electron chi connectivity index (χ1n) is 6.37. The highest BCUT2D eigenvalue weighted by Crippen LogP contribution is 2.20. The molecule has 1 aromatic heterocycles. The molecule has 1 aliphatic heterocycles. The summed E-state index contributed by atoms with van der Waals surface area (Å²) in [5.41, 5.74) is 6.21. The number of methoxy groups -OCH3 is 1. The summed E-state index contributed by atoms with van der Waals surface area (Å²) < 4.78 is 29.0. The van der Waals surface area contributed by atoms with E-state index in [9.17, 15) is 13.2 Å². The fourth-order valence-corrected chi connectivity index (χ4v) is 2.99. The molecule has 0 atom stereocenters. The van der Waals surface area contributed by atoms with Gasteiger partial charge in [0.2, 0.25) is 10.0 Å². The minimum Gasteiger partial charge on any atom is -0.465 e. The molecular weight excluding hydrogens is 296 g/mol. The lowest BCUT2D eigenvalue weighted by atomic mass is 10.2. The largest absolute Gasteiger partial charge is 0.465 e. The highest BCUT2D eigenvalue weighted by atomic mass is 32.2. The number of pyridine rings is 1. The van der Waals surface area contributed by atoms with Crippen LogP contribution in [0.3, 0.4) is 0 Å². The van der Waals surface area contributed by atoms with E-state index >= 15 is 0 Å². The average Bonchev–Trinajstić information content (AvgIpc) is 2.46. The van der Waals surface area contributed by atoms with Gasteiger partial charge in [0.05, 0.1) is 30.8 Å². The van der Waals surface area contributed by atoms with E-state index in [4.69, 9.17) is 5.73 Å². The molecule has 1 saturated heterocycles. The summed E-state index contributed by atoms with van der Waals surface area (Å²) >= 11 is 0. The summed E-state index contributed by atoms with van der Waals surface area (Å²) in [6, 6.07) is 1.57. The third-order valence-corrected chi connectivity index (χ3v) is 4.66. The van der Waals surface area contributed by atoms with Gasteiger partial charge >= 0.3 is 5.97 Å². The zero-order chi connectivity index (χ0) is 15.6. The minimum atomic E-state index is -3.17. The van der Waals surface area contributed by atoms with Crippen LogP contribution in [-0.2, 0) is 14.8 Å². The summed E-state index contributed by atoms with van der Waals surface area (Å²) in [5, 5.41) is 0. The normalized spacial score (nSPS) is 16.8. The average molecular weight is 314 g/mol. The second kappa shape index (κ2) is 5.86. The van der Waals surface area contributed by atoms with Gasteiger partial charge in [-0.1, -0.05) is 0 Å². The number of esters is 1. The second-order valence-electron chi connectivity index (χ2n) is 4.77. The fraction of sp³-hybridized carbons (Fsp3) is 0.500. The van der Waals surface area contributed by atoms with E-state index in [1.54, 1.807) is 6.07 Å². The molecule has 0 saturated carbocycles. The topological polar surface area (TPSA) is 106 Å². The molecule has 0 radical (unpaired) electrons. The van der Waals surface area contributed by atoms with Gasteiger partial charge in [0.15, 0.2) is 0 Å². The second-order valence-corrected chi connectivity index (χ2v) is 6.75. The van der Waals surface area contributed by atoms with Crippen LogP contribution in [0.15, 0.2) is 12.3 Å². The molecule has 8 nitrogen and oxygen atoms in total. The van der Waals surface area contributed by atoms with Crippen molar-refractivity contribution in [3.05, 3.63) is 17.8 Å². The third kappa shape index (κ3) is 3.42. The Bertz CT molecular complexity index is 639. The van der Waals surface area contributed by atoms with Gasteiger partial charge < -0.3 is 15.4 Å². The zero-order valence-corrected chi connectivity index (χ0v) is 12.8. The maximum Gasteiger partial charge on any atom is 0.340 e. The van der Waals surface area contributed by atoms with E-state index in [0.29, 0.717) is 32.0 Å². The van der Waals surface area contributed by atoms with Crippen molar-refractivity contribution >= 4 is 27.5 Å². The predicted molar refractivity (Wildman–Crippen MR) is 78.6 cm³/mol. The Hall–Kier alpha value is -1.87. The number of anilines is 2. The van der Waals surface area contributed by atoms with E-state index in [1.165, 1.54) is 23.9 Å². The van der Waals surface area contributed by atoms with Crippen molar-refractivity contribution in [2.24, 2.45) is 0 Å². The van der Waals surface area contributed by atoms with Crippen LogP contribution >= 0.6 is 0 Å². The van der Waals surface area contributed by atoms with Crippen LogP contribution in [0.1, 0.15) is 10.4 Å². The number of hydrogen-bond donors (Lipinski definition) is 1. The molecule has 21 heavy (non-hydrogen) atoms. The standard InChI is InChI=1S/C12H18N4O4S/c1-20-12(17)9-7-11(14-8-10(9)13)15-3-5-16(6-4-15)21(2,18)19/h7-8H,3-6,13H2,1-2H3. The van der Waals surface area contributed by atoms with Gasteiger partial charge in [-0.2, -0.15) is 4.31 Å². The first-order valence-corrected chi connectivity index (χ1v) is 8.21. The van der Waals surface area contributed by atoms with Crippen molar-refractivity contribution in [3.63, 3.8) is 0 Å². The highest BCUT2D eigenvalue weighted by Gasteiger charge is 2.24. The van der Waals surface area contributed by atoms with Crippen LogP contribution in [0.4, 0.5) is 11.5 Å². The number of sulfonamides is 1. The van der Waals surface area contributed by atoms with Gasteiger partial charge in [-0.15, -0.1) is 0 Å². The molecule has 1 aliphatic rings. The molecule has 1 aromatic rings. The number of nitrogens with zero attached hydrogens (tertiary/aromatic N) is 3. The van der Waals surface area contributed by atoms with Crippen molar-refractivity contribution in [2.45, 2.75) is 0 Å².